The van der Waals surface area contributed by atoms with Crippen molar-refractivity contribution in [2.75, 3.05) is 7.11 Å². The van der Waals surface area contributed by atoms with Crippen LogP contribution in [0.25, 0.3) is 0 Å². The maximum absolute atomic E-state index is 5.91. The van der Waals surface area contributed by atoms with E-state index in [0.29, 0.717) is 11.4 Å². The second-order valence-electron chi connectivity index (χ2n) is 3.99. The zero-order chi connectivity index (χ0) is 10.7. The van der Waals surface area contributed by atoms with Gasteiger partial charge in [-0.15, -0.1) is 11.6 Å². The summed E-state index contributed by atoms with van der Waals surface area (Å²) in [4.78, 5) is 0. The molecule has 0 amide bonds. The monoisotopic (exact) mass is 225 g/mol. The first kappa shape index (κ1) is 10.8. The second-order valence-corrected chi connectivity index (χ2v) is 4.61. The van der Waals surface area contributed by atoms with E-state index in [9.17, 15) is 0 Å². The molecule has 15 heavy (non-hydrogen) atoms. The summed E-state index contributed by atoms with van der Waals surface area (Å²) in [5, 5.41) is 3.87. The third-order valence-electron chi connectivity index (χ3n) is 2.83. The molecule has 0 aliphatic heterocycles. The molecule has 0 spiro atoms. The smallest absolute Gasteiger partial charge is 0.118 e. The fraction of sp³-hybridized carbons (Fsp3) is 0.500. The van der Waals surface area contributed by atoms with Crippen molar-refractivity contribution < 1.29 is 4.74 Å². The van der Waals surface area contributed by atoms with Crippen LogP contribution in [0, 0.1) is 0 Å². The second kappa shape index (κ2) is 4.86. The van der Waals surface area contributed by atoms with Crippen molar-refractivity contribution in [3.05, 3.63) is 29.8 Å². The first-order chi connectivity index (χ1) is 7.28. The lowest BCUT2D eigenvalue weighted by molar-refractivity contribution is 0.345. The third kappa shape index (κ3) is 2.86. The van der Waals surface area contributed by atoms with Gasteiger partial charge in [-0.2, -0.15) is 0 Å². The van der Waals surface area contributed by atoms with Gasteiger partial charge < -0.3 is 10.1 Å². The fourth-order valence-electron chi connectivity index (χ4n) is 1.72. The highest BCUT2D eigenvalue weighted by atomic mass is 35.5. The van der Waals surface area contributed by atoms with E-state index in [1.54, 1.807) is 7.11 Å². The molecule has 1 aliphatic rings. The predicted molar refractivity (Wildman–Crippen MR) is 62.5 cm³/mol. The molecule has 1 fully saturated rings. The first-order valence-corrected chi connectivity index (χ1v) is 5.72. The molecule has 0 saturated heterocycles. The van der Waals surface area contributed by atoms with Crippen LogP contribution in [-0.4, -0.2) is 18.5 Å². The van der Waals surface area contributed by atoms with Crippen molar-refractivity contribution in [2.24, 2.45) is 0 Å². The SMILES string of the molecule is COc1ccc(CNC2CC(Cl)C2)cc1. The van der Waals surface area contributed by atoms with Crippen LogP contribution in [-0.2, 0) is 6.54 Å². The molecule has 1 aromatic carbocycles. The minimum atomic E-state index is 0.387. The van der Waals surface area contributed by atoms with Crippen LogP contribution in [0.5, 0.6) is 5.75 Å². The van der Waals surface area contributed by atoms with Gasteiger partial charge >= 0.3 is 0 Å². The van der Waals surface area contributed by atoms with Gasteiger partial charge in [0.15, 0.2) is 0 Å². The standard InChI is InChI=1S/C12H16ClNO/c1-15-12-4-2-9(3-5-12)8-14-11-6-10(13)7-11/h2-5,10-11,14H,6-8H2,1H3. The number of ether oxygens (including phenoxy) is 1. The molecular formula is C12H16ClNO. The van der Waals surface area contributed by atoms with Gasteiger partial charge in [0.05, 0.1) is 7.11 Å². The summed E-state index contributed by atoms with van der Waals surface area (Å²) < 4.78 is 5.10. The predicted octanol–water partition coefficient (Wildman–Crippen LogP) is 2.55. The lowest BCUT2D eigenvalue weighted by Crippen LogP contribution is -2.41. The van der Waals surface area contributed by atoms with Gasteiger partial charge in [-0.1, -0.05) is 12.1 Å². The van der Waals surface area contributed by atoms with Crippen LogP contribution in [0.1, 0.15) is 18.4 Å². The topological polar surface area (TPSA) is 21.3 Å². The molecule has 0 heterocycles. The maximum atomic E-state index is 5.91. The summed E-state index contributed by atoms with van der Waals surface area (Å²) in [6, 6.07) is 8.75. The number of hydrogen-bond acceptors (Lipinski definition) is 2. The number of hydrogen-bond donors (Lipinski definition) is 1. The molecule has 2 rings (SSSR count). The molecule has 0 bridgehead atoms. The Morgan fingerprint density at radius 3 is 2.53 bits per heavy atom. The number of halogens is 1. The molecular weight excluding hydrogens is 210 g/mol. The molecule has 1 N–H and O–H groups in total. The number of methoxy groups -OCH3 is 1. The lowest BCUT2D eigenvalue weighted by Gasteiger charge is -2.31. The minimum Gasteiger partial charge on any atom is -0.497 e. The molecule has 3 heteroatoms. The fourth-order valence-corrected chi connectivity index (χ4v) is 2.15. The normalized spacial score (nSPS) is 24.7. The van der Waals surface area contributed by atoms with E-state index in [1.807, 2.05) is 12.1 Å². The average molecular weight is 226 g/mol. The zero-order valence-electron chi connectivity index (χ0n) is 8.87. The summed E-state index contributed by atoms with van der Waals surface area (Å²) in [5.41, 5.74) is 1.29. The van der Waals surface area contributed by atoms with E-state index in [2.05, 4.69) is 17.4 Å². The minimum absolute atomic E-state index is 0.387. The van der Waals surface area contributed by atoms with Crippen LogP contribution in [0.4, 0.5) is 0 Å². The first-order valence-electron chi connectivity index (χ1n) is 5.28. The largest absolute Gasteiger partial charge is 0.497 e. The van der Waals surface area contributed by atoms with Crippen molar-refractivity contribution in [1.29, 1.82) is 0 Å². The summed E-state index contributed by atoms with van der Waals surface area (Å²) in [7, 11) is 1.68. The molecule has 2 nitrogen and oxygen atoms in total. The highest BCUT2D eigenvalue weighted by Gasteiger charge is 2.26. The van der Waals surface area contributed by atoms with Crippen molar-refractivity contribution in [3.63, 3.8) is 0 Å². The van der Waals surface area contributed by atoms with Crippen LogP contribution in [0.15, 0.2) is 24.3 Å². The number of nitrogens with one attached hydrogen (secondary N) is 1. The molecule has 82 valence electrons. The van der Waals surface area contributed by atoms with Crippen LogP contribution in [0.2, 0.25) is 0 Å². The van der Waals surface area contributed by atoms with E-state index in [1.165, 1.54) is 5.56 Å². The number of alkyl halides is 1. The van der Waals surface area contributed by atoms with E-state index < -0.39 is 0 Å². The van der Waals surface area contributed by atoms with Gasteiger partial charge in [-0.3, -0.25) is 0 Å². The molecule has 0 aromatic heterocycles. The van der Waals surface area contributed by atoms with Crippen LogP contribution < -0.4 is 10.1 Å². The Morgan fingerprint density at radius 2 is 2.00 bits per heavy atom. The highest BCUT2D eigenvalue weighted by molar-refractivity contribution is 6.21. The Bertz CT molecular complexity index is 306. The third-order valence-corrected chi connectivity index (χ3v) is 3.19. The summed E-state index contributed by atoms with van der Waals surface area (Å²) in [6.45, 7) is 0.915. The van der Waals surface area contributed by atoms with Crippen molar-refractivity contribution in [1.82, 2.24) is 5.32 Å². The molecule has 1 aliphatic carbocycles. The van der Waals surface area contributed by atoms with Crippen molar-refractivity contribution >= 4 is 11.6 Å². The van der Waals surface area contributed by atoms with Gasteiger partial charge in [0.1, 0.15) is 5.75 Å². The van der Waals surface area contributed by atoms with Gasteiger partial charge in [0.2, 0.25) is 0 Å². The van der Waals surface area contributed by atoms with Crippen molar-refractivity contribution in [3.8, 4) is 5.75 Å². The van der Waals surface area contributed by atoms with Gasteiger partial charge in [0.25, 0.3) is 0 Å². The highest BCUT2D eigenvalue weighted by Crippen LogP contribution is 2.25. The Hall–Kier alpha value is -0.730. The lowest BCUT2D eigenvalue weighted by atomic mass is 9.92. The summed E-state index contributed by atoms with van der Waals surface area (Å²) >= 11 is 5.91. The van der Waals surface area contributed by atoms with Gasteiger partial charge in [-0.05, 0) is 30.5 Å². The molecule has 0 radical (unpaired) electrons. The Kier molecular flexibility index (Phi) is 3.49. The van der Waals surface area contributed by atoms with E-state index in [-0.39, 0.29) is 0 Å². The number of benzene rings is 1. The summed E-state index contributed by atoms with van der Waals surface area (Å²) in [5.74, 6) is 0.906. The van der Waals surface area contributed by atoms with E-state index in [4.69, 9.17) is 16.3 Å². The zero-order valence-corrected chi connectivity index (χ0v) is 9.63. The van der Waals surface area contributed by atoms with E-state index in [0.717, 1.165) is 25.1 Å². The average Bonchev–Trinajstić information content (AvgIpc) is 2.23. The maximum Gasteiger partial charge on any atom is 0.118 e. The van der Waals surface area contributed by atoms with Gasteiger partial charge in [0, 0.05) is 18.0 Å². The number of rotatable bonds is 4. The quantitative estimate of drug-likeness (QED) is 0.796. The summed E-state index contributed by atoms with van der Waals surface area (Å²) in [6.07, 6.45) is 2.19. The molecule has 0 unspecified atom stereocenters. The van der Waals surface area contributed by atoms with Crippen LogP contribution >= 0.6 is 11.6 Å². The molecule has 1 aromatic rings. The molecule has 0 atom stereocenters. The van der Waals surface area contributed by atoms with Crippen LogP contribution in [0.3, 0.4) is 0 Å². The Labute approximate surface area is 95.6 Å². The molecule has 1 saturated carbocycles. The van der Waals surface area contributed by atoms with Gasteiger partial charge in [-0.25, -0.2) is 0 Å². The Balaban J connectivity index is 1.78. The van der Waals surface area contributed by atoms with Crippen molar-refractivity contribution in [2.45, 2.75) is 30.8 Å². The van der Waals surface area contributed by atoms with E-state index >= 15 is 0 Å². The Morgan fingerprint density at radius 1 is 1.33 bits per heavy atom.